The first kappa shape index (κ1) is 19.5. The minimum absolute atomic E-state index is 0.147. The molecule has 2 aromatic rings. The van der Waals surface area contributed by atoms with Crippen LogP contribution >= 0.6 is 23.2 Å². The van der Waals surface area contributed by atoms with Gasteiger partial charge in [-0.3, -0.25) is 9.69 Å². The highest BCUT2D eigenvalue weighted by molar-refractivity contribution is 6.37. The summed E-state index contributed by atoms with van der Waals surface area (Å²) in [5, 5.41) is 9.68. The first-order chi connectivity index (χ1) is 12.5. The van der Waals surface area contributed by atoms with Crippen molar-refractivity contribution in [3.8, 4) is 6.07 Å². The number of carbonyl (C=O) groups excluding carboxylic acids is 2. The molecule has 0 aromatic heterocycles. The van der Waals surface area contributed by atoms with Gasteiger partial charge in [0.15, 0.2) is 6.61 Å². The second kappa shape index (κ2) is 9.62. The number of nitriles is 1. The van der Waals surface area contributed by atoms with Crippen LogP contribution < -0.4 is 4.90 Å². The molecule has 0 aliphatic carbocycles. The van der Waals surface area contributed by atoms with Gasteiger partial charge >= 0.3 is 5.97 Å². The first-order valence-electron chi connectivity index (χ1n) is 7.54. The van der Waals surface area contributed by atoms with Gasteiger partial charge in [0.2, 0.25) is 0 Å². The van der Waals surface area contributed by atoms with Gasteiger partial charge in [-0.25, -0.2) is 4.79 Å². The topological polar surface area (TPSA) is 70.4 Å². The zero-order valence-electron chi connectivity index (χ0n) is 13.6. The average Bonchev–Trinajstić information content (AvgIpc) is 2.64. The first-order valence-corrected chi connectivity index (χ1v) is 8.29. The molecule has 0 atom stereocenters. The quantitative estimate of drug-likeness (QED) is 0.424. The largest absolute Gasteiger partial charge is 0.452 e. The lowest BCUT2D eigenvalue weighted by Gasteiger charge is -2.19. The third-order valence-electron chi connectivity index (χ3n) is 3.32. The molecule has 0 fully saturated rings. The van der Waals surface area contributed by atoms with E-state index in [9.17, 15) is 9.59 Å². The molecule has 2 rings (SSSR count). The Morgan fingerprint density at radius 2 is 1.73 bits per heavy atom. The normalized spacial score (nSPS) is 10.3. The van der Waals surface area contributed by atoms with Crippen LogP contribution in [0.5, 0.6) is 0 Å². The number of halogens is 2. The van der Waals surface area contributed by atoms with E-state index in [1.54, 1.807) is 48.5 Å². The van der Waals surface area contributed by atoms with Crippen molar-refractivity contribution in [1.82, 2.24) is 0 Å². The monoisotopic (exact) mass is 388 g/mol. The second-order valence-electron chi connectivity index (χ2n) is 5.05. The van der Waals surface area contributed by atoms with Crippen molar-refractivity contribution in [2.24, 2.45) is 0 Å². The molecule has 0 saturated heterocycles. The number of carbonyl (C=O) groups is 2. The van der Waals surface area contributed by atoms with E-state index in [-0.39, 0.29) is 6.54 Å². The van der Waals surface area contributed by atoms with Crippen molar-refractivity contribution in [3.63, 3.8) is 0 Å². The molecule has 0 N–H and O–H groups in total. The lowest BCUT2D eigenvalue weighted by Crippen LogP contribution is -2.34. The maximum absolute atomic E-state index is 12.3. The predicted molar refractivity (Wildman–Crippen MR) is 101 cm³/mol. The fourth-order valence-corrected chi connectivity index (χ4v) is 2.61. The highest BCUT2D eigenvalue weighted by Crippen LogP contribution is 2.25. The van der Waals surface area contributed by atoms with Crippen LogP contribution in [0.3, 0.4) is 0 Å². The fraction of sp³-hybridized carbons (Fsp3) is 0.105. The van der Waals surface area contributed by atoms with E-state index in [1.165, 1.54) is 11.0 Å². The lowest BCUT2D eigenvalue weighted by atomic mass is 10.2. The Balaban J connectivity index is 1.98. The van der Waals surface area contributed by atoms with Crippen molar-refractivity contribution in [2.45, 2.75) is 0 Å². The lowest BCUT2D eigenvalue weighted by molar-refractivity contribution is -0.142. The van der Waals surface area contributed by atoms with E-state index in [0.29, 0.717) is 21.3 Å². The summed E-state index contributed by atoms with van der Waals surface area (Å²) in [6.45, 7) is -0.637. The van der Waals surface area contributed by atoms with Gasteiger partial charge in [-0.1, -0.05) is 47.5 Å². The number of nitrogens with zero attached hydrogens (tertiary/aromatic N) is 2. The van der Waals surface area contributed by atoms with Crippen molar-refractivity contribution in [2.75, 3.05) is 18.1 Å². The van der Waals surface area contributed by atoms with Gasteiger partial charge in [0.1, 0.15) is 6.54 Å². The SMILES string of the molecule is N#CCN(C(=O)COC(=O)/C=C/c1c(Cl)cccc1Cl)c1ccccc1. The summed E-state index contributed by atoms with van der Waals surface area (Å²) >= 11 is 12.0. The molecular formula is C19H14Cl2N2O3. The maximum atomic E-state index is 12.3. The number of hydrogen-bond acceptors (Lipinski definition) is 4. The second-order valence-corrected chi connectivity index (χ2v) is 5.86. The number of anilines is 1. The van der Waals surface area contributed by atoms with E-state index < -0.39 is 18.5 Å². The van der Waals surface area contributed by atoms with Gasteiger partial charge in [-0.05, 0) is 30.3 Å². The van der Waals surface area contributed by atoms with Gasteiger partial charge in [-0.2, -0.15) is 5.26 Å². The minimum Gasteiger partial charge on any atom is -0.452 e. The fourth-order valence-electron chi connectivity index (χ4n) is 2.08. The maximum Gasteiger partial charge on any atom is 0.331 e. The standard InChI is InChI=1S/C19H14Cl2N2O3/c20-16-7-4-8-17(21)15(16)9-10-19(25)26-13-18(24)23(12-11-22)14-5-2-1-3-6-14/h1-10H,12-13H2/b10-9+. The third kappa shape index (κ3) is 5.35. The molecule has 0 radical (unpaired) electrons. The minimum atomic E-state index is -0.723. The summed E-state index contributed by atoms with van der Waals surface area (Å²) in [7, 11) is 0. The smallest absolute Gasteiger partial charge is 0.331 e. The number of para-hydroxylation sites is 1. The Labute approximate surface area is 161 Å². The van der Waals surface area contributed by atoms with Crippen LogP contribution in [-0.2, 0) is 14.3 Å². The van der Waals surface area contributed by atoms with Crippen LogP contribution in [0.1, 0.15) is 5.56 Å². The number of hydrogen-bond donors (Lipinski definition) is 0. The van der Waals surface area contributed by atoms with Crippen LogP contribution in [-0.4, -0.2) is 25.0 Å². The van der Waals surface area contributed by atoms with Crippen LogP contribution in [0.25, 0.3) is 6.08 Å². The van der Waals surface area contributed by atoms with Crippen LogP contribution in [0, 0.1) is 11.3 Å². The Morgan fingerprint density at radius 1 is 1.08 bits per heavy atom. The van der Waals surface area contributed by atoms with Gasteiger partial charge < -0.3 is 4.74 Å². The molecule has 132 valence electrons. The van der Waals surface area contributed by atoms with Gasteiger partial charge in [-0.15, -0.1) is 0 Å². The van der Waals surface area contributed by atoms with Crippen molar-refractivity contribution in [1.29, 1.82) is 5.26 Å². The molecule has 0 bridgehead atoms. The highest BCUT2D eigenvalue weighted by Gasteiger charge is 2.16. The zero-order chi connectivity index (χ0) is 18.9. The molecule has 0 aliphatic heterocycles. The number of amides is 1. The van der Waals surface area contributed by atoms with Gasteiger partial charge in [0, 0.05) is 27.4 Å². The summed E-state index contributed by atoms with van der Waals surface area (Å²) in [6, 6.07) is 15.5. The molecule has 7 heteroatoms. The Bertz CT molecular complexity index is 841. The summed E-state index contributed by atoms with van der Waals surface area (Å²) in [6.07, 6.45) is 2.55. The van der Waals surface area contributed by atoms with Crippen molar-refractivity contribution in [3.05, 3.63) is 70.2 Å². The highest BCUT2D eigenvalue weighted by atomic mass is 35.5. The molecule has 0 spiro atoms. The van der Waals surface area contributed by atoms with Crippen molar-refractivity contribution >= 4 is 46.8 Å². The molecule has 0 unspecified atom stereocenters. The number of esters is 1. The van der Waals surface area contributed by atoms with E-state index in [2.05, 4.69) is 0 Å². The Morgan fingerprint density at radius 3 is 2.35 bits per heavy atom. The summed E-state index contributed by atoms with van der Waals surface area (Å²) in [5.41, 5.74) is 1.03. The molecule has 2 aromatic carbocycles. The number of rotatable bonds is 6. The van der Waals surface area contributed by atoms with E-state index in [4.69, 9.17) is 33.2 Å². The molecule has 26 heavy (non-hydrogen) atoms. The number of ether oxygens (including phenoxy) is 1. The molecular weight excluding hydrogens is 375 g/mol. The predicted octanol–water partition coefficient (Wildman–Crippen LogP) is 4.11. The zero-order valence-corrected chi connectivity index (χ0v) is 15.1. The van der Waals surface area contributed by atoms with E-state index in [1.807, 2.05) is 6.07 Å². The van der Waals surface area contributed by atoms with Crippen molar-refractivity contribution < 1.29 is 14.3 Å². The molecule has 1 amide bonds. The Hall–Kier alpha value is -2.81. The van der Waals surface area contributed by atoms with E-state index in [0.717, 1.165) is 6.08 Å². The average molecular weight is 389 g/mol. The number of benzene rings is 2. The molecule has 0 heterocycles. The van der Waals surface area contributed by atoms with Crippen LogP contribution in [0.15, 0.2) is 54.6 Å². The summed E-state index contributed by atoms with van der Waals surface area (Å²) in [4.78, 5) is 25.3. The molecule has 5 nitrogen and oxygen atoms in total. The van der Waals surface area contributed by atoms with Gasteiger partial charge in [0.25, 0.3) is 5.91 Å². The third-order valence-corrected chi connectivity index (χ3v) is 3.98. The molecule has 0 aliphatic rings. The van der Waals surface area contributed by atoms with Gasteiger partial charge in [0.05, 0.1) is 6.07 Å². The van der Waals surface area contributed by atoms with E-state index >= 15 is 0 Å². The van der Waals surface area contributed by atoms with Crippen LogP contribution in [0.2, 0.25) is 10.0 Å². The molecule has 0 saturated carbocycles. The summed E-state index contributed by atoms with van der Waals surface area (Å²) < 4.78 is 4.94. The van der Waals surface area contributed by atoms with Crippen LogP contribution in [0.4, 0.5) is 5.69 Å². The Kier molecular flexibility index (Phi) is 7.22. The summed E-state index contributed by atoms with van der Waals surface area (Å²) in [5.74, 6) is -1.23.